The van der Waals surface area contributed by atoms with Gasteiger partial charge in [0.15, 0.2) is 5.82 Å². The zero-order chi connectivity index (χ0) is 15.6. The minimum absolute atomic E-state index is 0.0823. The number of anilines is 1. The molecular formula is C14H22ClN5O. The van der Waals surface area contributed by atoms with E-state index in [4.69, 9.17) is 17.4 Å². The maximum Gasteiger partial charge on any atom is 0.255 e. The second kappa shape index (κ2) is 6.17. The number of halogens is 1. The second-order valence-corrected chi connectivity index (χ2v) is 6.24. The van der Waals surface area contributed by atoms with Gasteiger partial charge in [-0.3, -0.25) is 4.79 Å². The summed E-state index contributed by atoms with van der Waals surface area (Å²) in [6, 6.07) is 1.59. The molecule has 1 saturated carbocycles. The molecule has 6 nitrogen and oxygen atoms in total. The summed E-state index contributed by atoms with van der Waals surface area (Å²) in [5.74, 6) is 5.56. The van der Waals surface area contributed by atoms with E-state index in [1.807, 2.05) is 7.05 Å². The van der Waals surface area contributed by atoms with Crippen LogP contribution in [0.5, 0.6) is 0 Å². The van der Waals surface area contributed by atoms with E-state index in [9.17, 15) is 4.79 Å². The molecule has 0 atom stereocenters. The van der Waals surface area contributed by atoms with Crippen molar-refractivity contribution in [2.75, 3.05) is 33.1 Å². The Morgan fingerprint density at radius 2 is 2.14 bits per heavy atom. The first-order valence-corrected chi connectivity index (χ1v) is 7.32. The van der Waals surface area contributed by atoms with Crippen LogP contribution in [0.4, 0.5) is 5.82 Å². The van der Waals surface area contributed by atoms with Crippen LogP contribution in [0.2, 0.25) is 5.02 Å². The Hall–Kier alpha value is -1.37. The number of nitrogens with one attached hydrogen (secondary N) is 1. The van der Waals surface area contributed by atoms with Crippen LogP contribution in [-0.4, -0.2) is 53.9 Å². The number of pyridine rings is 1. The van der Waals surface area contributed by atoms with Gasteiger partial charge >= 0.3 is 0 Å². The fourth-order valence-electron chi connectivity index (χ4n) is 2.73. The van der Waals surface area contributed by atoms with Crippen molar-refractivity contribution in [2.45, 2.75) is 24.8 Å². The van der Waals surface area contributed by atoms with Crippen LogP contribution >= 0.6 is 11.6 Å². The zero-order valence-corrected chi connectivity index (χ0v) is 13.4. The maximum absolute atomic E-state index is 12.5. The number of nitrogens with zero attached hydrogens (tertiary/aromatic N) is 3. The molecule has 1 aromatic heterocycles. The van der Waals surface area contributed by atoms with Crippen molar-refractivity contribution < 1.29 is 4.79 Å². The van der Waals surface area contributed by atoms with Crippen molar-refractivity contribution in [3.05, 3.63) is 22.8 Å². The highest BCUT2D eigenvalue weighted by atomic mass is 35.5. The molecule has 0 radical (unpaired) electrons. The van der Waals surface area contributed by atoms with Crippen LogP contribution in [0.15, 0.2) is 12.3 Å². The SMILES string of the molecule is CN(CC1(N(C)C)CCC1)C(=O)c1cnc(NN)c(Cl)c1. The summed E-state index contributed by atoms with van der Waals surface area (Å²) in [5, 5.41) is 0.336. The lowest BCUT2D eigenvalue weighted by molar-refractivity contribution is 0.0252. The lowest BCUT2D eigenvalue weighted by Crippen LogP contribution is -2.57. The van der Waals surface area contributed by atoms with E-state index in [0.717, 1.165) is 12.8 Å². The Bertz CT molecular complexity index is 530. The summed E-state index contributed by atoms with van der Waals surface area (Å²) in [4.78, 5) is 20.5. The van der Waals surface area contributed by atoms with Crippen molar-refractivity contribution >= 4 is 23.3 Å². The molecule has 0 spiro atoms. The van der Waals surface area contributed by atoms with Gasteiger partial charge in [0, 0.05) is 25.3 Å². The number of nitrogens with two attached hydrogens (primary N) is 1. The van der Waals surface area contributed by atoms with Crippen LogP contribution in [0.1, 0.15) is 29.6 Å². The average Bonchev–Trinajstić information content (AvgIpc) is 2.41. The van der Waals surface area contributed by atoms with Crippen molar-refractivity contribution in [1.29, 1.82) is 0 Å². The molecule has 7 heteroatoms. The molecule has 21 heavy (non-hydrogen) atoms. The topological polar surface area (TPSA) is 74.5 Å². The van der Waals surface area contributed by atoms with Gasteiger partial charge in [0.05, 0.1) is 10.6 Å². The molecule has 0 unspecified atom stereocenters. The van der Waals surface area contributed by atoms with Crippen molar-refractivity contribution in [2.24, 2.45) is 5.84 Å². The standard InChI is InChI=1S/C14H22ClN5O/c1-19(2)14(5-4-6-14)9-20(3)13(21)10-7-11(15)12(18-16)17-8-10/h7-8H,4-6,9,16H2,1-3H3,(H,17,18). The minimum atomic E-state index is -0.0823. The normalized spacial score (nSPS) is 16.5. The first-order chi connectivity index (χ1) is 9.89. The number of carbonyl (C=O) groups excluding carboxylic acids is 1. The largest absolute Gasteiger partial charge is 0.340 e. The fraction of sp³-hybridized carbons (Fsp3) is 0.571. The number of nitrogen functional groups attached to an aromatic ring is 1. The molecule has 1 aliphatic carbocycles. The Labute approximate surface area is 130 Å². The molecule has 1 heterocycles. The Kier molecular flexibility index (Phi) is 4.70. The van der Waals surface area contributed by atoms with Gasteiger partial charge in [-0.2, -0.15) is 0 Å². The number of aromatic nitrogens is 1. The van der Waals surface area contributed by atoms with Crippen LogP contribution < -0.4 is 11.3 Å². The summed E-state index contributed by atoms with van der Waals surface area (Å²) in [6.45, 7) is 0.702. The number of carbonyl (C=O) groups is 1. The molecule has 1 amide bonds. The fourth-order valence-corrected chi connectivity index (χ4v) is 2.95. The quantitative estimate of drug-likeness (QED) is 0.638. The van der Waals surface area contributed by atoms with Gasteiger partial charge in [0.2, 0.25) is 0 Å². The second-order valence-electron chi connectivity index (χ2n) is 5.83. The van der Waals surface area contributed by atoms with Crippen molar-refractivity contribution in [1.82, 2.24) is 14.8 Å². The molecule has 1 aromatic rings. The van der Waals surface area contributed by atoms with Gasteiger partial charge < -0.3 is 15.2 Å². The van der Waals surface area contributed by atoms with E-state index < -0.39 is 0 Å². The third kappa shape index (κ3) is 3.12. The number of rotatable bonds is 5. The number of hydrogen-bond acceptors (Lipinski definition) is 5. The molecule has 2 rings (SSSR count). The number of likely N-dealkylation sites (N-methyl/N-ethyl adjacent to an activating group) is 2. The van der Waals surface area contributed by atoms with Gasteiger partial charge in [-0.15, -0.1) is 0 Å². The highest BCUT2D eigenvalue weighted by Gasteiger charge is 2.40. The summed E-state index contributed by atoms with van der Waals surface area (Å²) >= 11 is 6.02. The van der Waals surface area contributed by atoms with E-state index in [0.29, 0.717) is 22.9 Å². The predicted octanol–water partition coefficient (Wildman–Crippen LogP) is 1.58. The molecule has 0 aromatic carbocycles. The summed E-state index contributed by atoms with van der Waals surface area (Å²) in [7, 11) is 5.95. The van der Waals surface area contributed by atoms with E-state index >= 15 is 0 Å². The molecular weight excluding hydrogens is 290 g/mol. The smallest absolute Gasteiger partial charge is 0.255 e. The van der Waals surface area contributed by atoms with Gasteiger partial charge in [-0.1, -0.05) is 11.6 Å². The Morgan fingerprint density at radius 1 is 1.48 bits per heavy atom. The molecule has 1 fully saturated rings. The van der Waals surface area contributed by atoms with Crippen LogP contribution in [-0.2, 0) is 0 Å². The third-order valence-electron chi connectivity index (χ3n) is 4.34. The van der Waals surface area contributed by atoms with Crippen LogP contribution in [0.25, 0.3) is 0 Å². The molecule has 0 bridgehead atoms. The minimum Gasteiger partial charge on any atom is -0.340 e. The molecule has 0 aliphatic heterocycles. The lowest BCUT2D eigenvalue weighted by Gasteiger charge is -2.49. The Balaban J connectivity index is 2.10. The summed E-state index contributed by atoms with van der Waals surface area (Å²) in [6.07, 6.45) is 4.94. The van der Waals surface area contributed by atoms with E-state index in [2.05, 4.69) is 29.4 Å². The van der Waals surface area contributed by atoms with Crippen molar-refractivity contribution in [3.63, 3.8) is 0 Å². The number of amides is 1. The zero-order valence-electron chi connectivity index (χ0n) is 12.7. The van der Waals surface area contributed by atoms with Gasteiger partial charge in [-0.05, 0) is 39.4 Å². The Morgan fingerprint density at radius 3 is 2.57 bits per heavy atom. The molecule has 3 N–H and O–H groups in total. The molecule has 116 valence electrons. The monoisotopic (exact) mass is 311 g/mol. The van der Waals surface area contributed by atoms with E-state index in [1.54, 1.807) is 11.0 Å². The van der Waals surface area contributed by atoms with E-state index in [1.165, 1.54) is 12.6 Å². The highest BCUT2D eigenvalue weighted by molar-refractivity contribution is 6.33. The van der Waals surface area contributed by atoms with Crippen LogP contribution in [0.3, 0.4) is 0 Å². The average molecular weight is 312 g/mol. The van der Waals surface area contributed by atoms with Gasteiger partial charge in [0.1, 0.15) is 0 Å². The molecule has 1 aliphatic rings. The first kappa shape index (κ1) is 16.0. The summed E-state index contributed by atoms with van der Waals surface area (Å²) in [5.41, 5.74) is 2.95. The van der Waals surface area contributed by atoms with Crippen LogP contribution in [0, 0.1) is 0 Å². The van der Waals surface area contributed by atoms with Gasteiger partial charge in [0.25, 0.3) is 5.91 Å². The van der Waals surface area contributed by atoms with Gasteiger partial charge in [-0.25, -0.2) is 10.8 Å². The lowest BCUT2D eigenvalue weighted by atomic mass is 9.75. The third-order valence-corrected chi connectivity index (χ3v) is 4.62. The summed E-state index contributed by atoms with van der Waals surface area (Å²) < 4.78 is 0. The first-order valence-electron chi connectivity index (χ1n) is 6.95. The van der Waals surface area contributed by atoms with E-state index in [-0.39, 0.29) is 11.4 Å². The highest BCUT2D eigenvalue weighted by Crippen LogP contribution is 2.36. The predicted molar refractivity (Wildman–Crippen MR) is 84.3 cm³/mol. The number of hydrazine groups is 1. The van der Waals surface area contributed by atoms with Crippen molar-refractivity contribution in [3.8, 4) is 0 Å². The molecule has 0 saturated heterocycles. The number of hydrogen-bond donors (Lipinski definition) is 2. The maximum atomic E-state index is 12.5.